The van der Waals surface area contributed by atoms with Crippen molar-refractivity contribution in [2.75, 3.05) is 18.4 Å². The van der Waals surface area contributed by atoms with E-state index >= 15 is 0 Å². The number of nitrogens with one attached hydrogen (secondary N) is 2. The Balaban J connectivity index is 1.79. The van der Waals surface area contributed by atoms with E-state index in [1.165, 1.54) is 25.1 Å². The summed E-state index contributed by atoms with van der Waals surface area (Å²) in [6.45, 7) is 9.32. The summed E-state index contributed by atoms with van der Waals surface area (Å²) < 4.78 is 15.1. The summed E-state index contributed by atoms with van der Waals surface area (Å²) in [5, 5.41) is 5.58. The molecule has 1 aliphatic heterocycles. The molecule has 2 aromatic rings. The predicted octanol–water partition coefficient (Wildman–Crippen LogP) is 3.04. The topological polar surface area (TPSA) is 101 Å². The molecule has 9 heteroatoms. The van der Waals surface area contributed by atoms with Gasteiger partial charge >= 0.3 is 0 Å². The lowest BCUT2D eigenvalue weighted by molar-refractivity contribution is -0.130. The largest absolute Gasteiger partial charge is 0.344 e. The molecule has 3 rings (SSSR count). The molecular weight excluding hydrogens is 439 g/mol. The van der Waals surface area contributed by atoms with Crippen LogP contribution in [0.4, 0.5) is 10.1 Å². The molecule has 0 spiro atoms. The molecule has 182 valence electrons. The lowest BCUT2D eigenvalue weighted by Crippen LogP contribution is -2.55. The number of Topliss-reactive ketones (excluding diaryl/α,β-unsaturated/α-hetero) is 1. The molecule has 3 amide bonds. The number of halogens is 1. The fourth-order valence-corrected chi connectivity index (χ4v) is 4.43. The number of piperidine rings is 1. The molecule has 1 aliphatic rings. The zero-order valence-electron chi connectivity index (χ0n) is 20.5. The zero-order valence-corrected chi connectivity index (χ0v) is 20.5. The van der Waals surface area contributed by atoms with Crippen LogP contribution in [0.1, 0.15) is 64.4 Å². The minimum atomic E-state index is -0.747. The average molecular weight is 471 g/mol. The SMILES string of the molecule is CC(=O)N1CCC(C)(NC(=O)C(=O)c2c(C)c(C(=O)Nc3ccc(F)c(C)c3)c(C)n2C)CC1. The highest BCUT2D eigenvalue weighted by Crippen LogP contribution is 2.25. The first-order chi connectivity index (χ1) is 15.8. The van der Waals surface area contributed by atoms with Crippen LogP contribution in [0, 0.1) is 26.6 Å². The second-order valence-electron chi connectivity index (χ2n) is 9.26. The third-order valence-corrected chi connectivity index (χ3v) is 6.72. The van der Waals surface area contributed by atoms with Crippen LogP contribution < -0.4 is 10.6 Å². The van der Waals surface area contributed by atoms with E-state index in [1.807, 2.05) is 6.92 Å². The Morgan fingerprint density at radius 2 is 1.68 bits per heavy atom. The van der Waals surface area contributed by atoms with Gasteiger partial charge in [0.1, 0.15) is 5.82 Å². The van der Waals surface area contributed by atoms with Gasteiger partial charge in [0, 0.05) is 44.0 Å². The van der Waals surface area contributed by atoms with Gasteiger partial charge in [-0.2, -0.15) is 0 Å². The van der Waals surface area contributed by atoms with Crippen molar-refractivity contribution in [1.29, 1.82) is 0 Å². The number of carbonyl (C=O) groups excluding carboxylic acids is 4. The number of amides is 3. The van der Waals surface area contributed by atoms with Gasteiger partial charge in [0.05, 0.1) is 11.3 Å². The summed E-state index contributed by atoms with van der Waals surface area (Å²) in [6, 6.07) is 4.26. The van der Waals surface area contributed by atoms with Gasteiger partial charge in [-0.25, -0.2) is 4.39 Å². The van der Waals surface area contributed by atoms with E-state index in [9.17, 15) is 23.6 Å². The number of rotatable bonds is 5. The van der Waals surface area contributed by atoms with Gasteiger partial charge in [-0.3, -0.25) is 19.2 Å². The van der Waals surface area contributed by atoms with Crippen molar-refractivity contribution < 1.29 is 23.6 Å². The molecule has 2 heterocycles. The molecule has 0 atom stereocenters. The predicted molar refractivity (Wildman–Crippen MR) is 126 cm³/mol. The maximum atomic E-state index is 13.5. The number of ketones is 1. The number of benzene rings is 1. The zero-order chi connectivity index (χ0) is 25.4. The van der Waals surface area contributed by atoms with Crippen molar-refractivity contribution in [2.45, 2.75) is 53.0 Å². The fraction of sp³-hybridized carbons (Fsp3) is 0.440. The van der Waals surface area contributed by atoms with Crippen molar-refractivity contribution >= 4 is 29.2 Å². The fourth-order valence-electron chi connectivity index (χ4n) is 4.43. The highest BCUT2D eigenvalue weighted by Gasteiger charge is 2.36. The third-order valence-electron chi connectivity index (χ3n) is 6.72. The van der Waals surface area contributed by atoms with Crippen LogP contribution in [-0.4, -0.2) is 51.6 Å². The molecule has 1 aromatic heterocycles. The summed E-state index contributed by atoms with van der Waals surface area (Å²) in [4.78, 5) is 52.3. The Labute approximate surface area is 198 Å². The van der Waals surface area contributed by atoms with Crippen molar-refractivity contribution in [3.8, 4) is 0 Å². The van der Waals surface area contributed by atoms with E-state index in [4.69, 9.17) is 0 Å². The summed E-state index contributed by atoms with van der Waals surface area (Å²) in [5.74, 6) is -2.30. The molecule has 2 N–H and O–H groups in total. The van der Waals surface area contributed by atoms with E-state index in [1.54, 1.807) is 37.3 Å². The third kappa shape index (κ3) is 4.88. The Bertz CT molecular complexity index is 1180. The van der Waals surface area contributed by atoms with E-state index in [0.717, 1.165) is 0 Å². The van der Waals surface area contributed by atoms with Gasteiger partial charge in [0.2, 0.25) is 5.91 Å². The number of anilines is 1. The summed E-state index contributed by atoms with van der Waals surface area (Å²) in [5.41, 5.74) is 1.59. The molecular formula is C25H31FN4O4. The standard InChI is InChI=1S/C25H31FN4O4/c1-14-13-18(7-8-19(14)26)27-23(33)20-15(2)21(29(6)16(20)3)22(32)24(34)28-25(5)9-11-30(12-10-25)17(4)31/h7-8,13H,9-12H2,1-6H3,(H,27,33)(H,28,34). The monoisotopic (exact) mass is 470 g/mol. The molecule has 0 saturated carbocycles. The van der Waals surface area contributed by atoms with Crippen molar-refractivity contribution in [3.05, 3.63) is 52.1 Å². The lowest BCUT2D eigenvalue weighted by Gasteiger charge is -2.39. The lowest BCUT2D eigenvalue weighted by atomic mass is 9.89. The van der Waals surface area contributed by atoms with Gasteiger partial charge < -0.3 is 20.1 Å². The number of nitrogens with zero attached hydrogens (tertiary/aromatic N) is 2. The van der Waals surface area contributed by atoms with Crippen LogP contribution in [0.5, 0.6) is 0 Å². The Kier molecular flexibility index (Phi) is 6.95. The van der Waals surface area contributed by atoms with Crippen molar-refractivity contribution in [2.24, 2.45) is 7.05 Å². The molecule has 1 aromatic carbocycles. The van der Waals surface area contributed by atoms with Gasteiger partial charge in [-0.05, 0) is 69.9 Å². The molecule has 1 saturated heterocycles. The van der Waals surface area contributed by atoms with Crippen LogP contribution >= 0.6 is 0 Å². The smallest absolute Gasteiger partial charge is 0.294 e. The quantitative estimate of drug-likeness (QED) is 0.518. The van der Waals surface area contributed by atoms with E-state index in [2.05, 4.69) is 10.6 Å². The van der Waals surface area contributed by atoms with Crippen LogP contribution in [0.15, 0.2) is 18.2 Å². The first kappa shape index (κ1) is 25.1. The maximum Gasteiger partial charge on any atom is 0.294 e. The molecule has 0 radical (unpaired) electrons. The Morgan fingerprint density at radius 3 is 2.24 bits per heavy atom. The molecule has 0 bridgehead atoms. The summed E-state index contributed by atoms with van der Waals surface area (Å²) in [7, 11) is 1.63. The molecule has 1 fully saturated rings. The van der Waals surface area contributed by atoms with Crippen LogP contribution in [-0.2, 0) is 16.6 Å². The summed E-state index contributed by atoms with van der Waals surface area (Å²) in [6.07, 6.45) is 1.09. The number of carbonyl (C=O) groups is 4. The number of aryl methyl sites for hydroxylation is 1. The number of hydrogen-bond donors (Lipinski definition) is 2. The van der Waals surface area contributed by atoms with E-state index in [0.29, 0.717) is 54.0 Å². The first-order valence-electron chi connectivity index (χ1n) is 11.2. The number of hydrogen-bond acceptors (Lipinski definition) is 4. The van der Waals surface area contributed by atoms with Crippen LogP contribution in [0.3, 0.4) is 0 Å². The van der Waals surface area contributed by atoms with E-state index in [-0.39, 0.29) is 17.4 Å². The van der Waals surface area contributed by atoms with E-state index < -0.39 is 23.1 Å². The number of aromatic nitrogens is 1. The molecule has 34 heavy (non-hydrogen) atoms. The normalized spacial score (nSPS) is 15.1. The van der Waals surface area contributed by atoms with Crippen LogP contribution in [0.25, 0.3) is 0 Å². The van der Waals surface area contributed by atoms with Crippen LogP contribution in [0.2, 0.25) is 0 Å². The highest BCUT2D eigenvalue weighted by molar-refractivity contribution is 6.43. The average Bonchev–Trinajstić information content (AvgIpc) is 2.98. The molecule has 8 nitrogen and oxygen atoms in total. The second-order valence-corrected chi connectivity index (χ2v) is 9.26. The maximum absolute atomic E-state index is 13.5. The van der Waals surface area contributed by atoms with Crippen molar-refractivity contribution in [3.63, 3.8) is 0 Å². The molecule has 0 unspecified atom stereocenters. The Hall–Kier alpha value is -3.49. The highest BCUT2D eigenvalue weighted by atomic mass is 19.1. The minimum Gasteiger partial charge on any atom is -0.344 e. The minimum absolute atomic E-state index is 0.0130. The van der Waals surface area contributed by atoms with Crippen molar-refractivity contribution in [1.82, 2.24) is 14.8 Å². The second kappa shape index (κ2) is 9.40. The first-order valence-corrected chi connectivity index (χ1v) is 11.2. The van der Waals surface area contributed by atoms with Gasteiger partial charge in [-0.1, -0.05) is 0 Å². The Morgan fingerprint density at radius 1 is 1.06 bits per heavy atom. The van der Waals surface area contributed by atoms with Gasteiger partial charge in [0.25, 0.3) is 17.6 Å². The van der Waals surface area contributed by atoms with Gasteiger partial charge in [-0.15, -0.1) is 0 Å². The summed E-state index contributed by atoms with van der Waals surface area (Å²) >= 11 is 0. The molecule has 0 aliphatic carbocycles. The van der Waals surface area contributed by atoms with Gasteiger partial charge in [0.15, 0.2) is 0 Å². The number of likely N-dealkylation sites (tertiary alicyclic amines) is 1.